The minimum atomic E-state index is -4.42. The molecule has 1 atom stereocenters. The molecule has 2 aliphatic heterocycles. The van der Waals surface area contributed by atoms with Crippen molar-refractivity contribution in [1.82, 2.24) is 4.90 Å². The number of anilines is 2. The van der Waals surface area contributed by atoms with Gasteiger partial charge in [0.25, 0.3) is 0 Å². The van der Waals surface area contributed by atoms with Gasteiger partial charge in [0.2, 0.25) is 10.0 Å². The number of halogens is 3. The minimum Gasteiger partial charge on any atom is -0.495 e. The van der Waals surface area contributed by atoms with E-state index in [1.54, 1.807) is 12.1 Å². The molecule has 3 aromatic rings. The standard InChI is InChI=1S/C29H31F3N4O6S2/c1-40-25-14-20(44(33,38)39)7-8-23(25)34-11-3-6-26-22(15-29(30,31)32)21-4-2-5-24(27(21)43-26)35-18-9-12-36(13-10-18)16-19-17-41-28(37)42-19/h2,4-5,7-8,14,18-19,34-35H,9-13,15-17H2,1H3,(H2,33,38,39). The zero-order valence-corrected chi connectivity index (χ0v) is 25.3. The number of sulfonamides is 1. The number of nitrogens with two attached hydrogens (primary N) is 1. The maximum Gasteiger partial charge on any atom is 0.508 e. The fourth-order valence-corrected chi connectivity index (χ4v) is 6.94. The molecular formula is C29H31F3N4O6S2. The van der Waals surface area contributed by atoms with Crippen LogP contribution in [0.3, 0.4) is 0 Å². The molecule has 0 bridgehead atoms. The van der Waals surface area contributed by atoms with Crippen LogP contribution in [0.1, 0.15) is 23.3 Å². The van der Waals surface area contributed by atoms with E-state index in [0.29, 0.717) is 27.2 Å². The van der Waals surface area contributed by atoms with Crippen LogP contribution in [0.5, 0.6) is 5.75 Å². The predicted molar refractivity (Wildman–Crippen MR) is 161 cm³/mol. The van der Waals surface area contributed by atoms with E-state index in [4.69, 9.17) is 19.3 Å². The number of cyclic esters (lactones) is 2. The second-order valence-electron chi connectivity index (χ2n) is 10.5. The molecule has 44 heavy (non-hydrogen) atoms. The molecule has 15 heteroatoms. The van der Waals surface area contributed by atoms with E-state index < -0.39 is 28.8 Å². The maximum absolute atomic E-state index is 13.6. The molecule has 1 aromatic heterocycles. The van der Waals surface area contributed by atoms with Crippen LogP contribution in [-0.2, 0) is 25.9 Å². The van der Waals surface area contributed by atoms with Gasteiger partial charge in [-0.05, 0) is 42.0 Å². The summed E-state index contributed by atoms with van der Waals surface area (Å²) in [6.07, 6.45) is -4.80. The van der Waals surface area contributed by atoms with Crippen LogP contribution in [0.25, 0.3) is 10.1 Å². The average Bonchev–Trinajstić information content (AvgIpc) is 3.53. The fraction of sp³-hybridized carbons (Fsp3) is 0.414. The maximum atomic E-state index is 13.6. The van der Waals surface area contributed by atoms with E-state index in [1.807, 2.05) is 6.07 Å². The van der Waals surface area contributed by atoms with Gasteiger partial charge < -0.3 is 24.8 Å². The molecule has 2 saturated heterocycles. The summed E-state index contributed by atoms with van der Waals surface area (Å²) in [6.45, 7) is 2.49. The van der Waals surface area contributed by atoms with Gasteiger partial charge in [-0.15, -0.1) is 11.3 Å². The van der Waals surface area contributed by atoms with Crippen molar-refractivity contribution in [2.24, 2.45) is 5.14 Å². The van der Waals surface area contributed by atoms with Gasteiger partial charge in [0, 0.05) is 31.7 Å². The molecule has 5 rings (SSSR count). The van der Waals surface area contributed by atoms with E-state index in [2.05, 4.69) is 27.4 Å². The number of primary sulfonamides is 1. The van der Waals surface area contributed by atoms with Crippen molar-refractivity contribution < 1.29 is 40.6 Å². The molecule has 2 fully saturated rings. The van der Waals surface area contributed by atoms with Gasteiger partial charge in [0.15, 0.2) is 6.10 Å². The number of nitrogens with one attached hydrogen (secondary N) is 2. The van der Waals surface area contributed by atoms with Gasteiger partial charge in [-0.25, -0.2) is 18.4 Å². The molecule has 0 saturated carbocycles. The van der Waals surface area contributed by atoms with Gasteiger partial charge in [-0.2, -0.15) is 13.2 Å². The Hall–Kier alpha value is -3.71. The van der Waals surface area contributed by atoms with Crippen molar-refractivity contribution in [1.29, 1.82) is 0 Å². The number of nitrogens with zero attached hydrogens (tertiary/aromatic N) is 1. The second kappa shape index (κ2) is 13.1. The highest BCUT2D eigenvalue weighted by Gasteiger charge is 2.32. The highest BCUT2D eigenvalue weighted by molar-refractivity contribution is 7.89. The number of piperidine rings is 1. The Kier molecular flexibility index (Phi) is 9.45. The molecule has 10 nitrogen and oxygen atoms in total. The first-order chi connectivity index (χ1) is 20.9. The number of thiophene rings is 1. The number of benzene rings is 2. The Morgan fingerprint density at radius 2 is 1.95 bits per heavy atom. The topological polar surface area (TPSA) is 132 Å². The average molecular weight is 653 g/mol. The normalized spacial score (nSPS) is 17.9. The highest BCUT2D eigenvalue weighted by Crippen LogP contribution is 2.39. The first kappa shape index (κ1) is 31.7. The van der Waals surface area contributed by atoms with Crippen molar-refractivity contribution >= 4 is 49.0 Å². The van der Waals surface area contributed by atoms with E-state index >= 15 is 0 Å². The monoisotopic (exact) mass is 652 g/mol. The Bertz CT molecular complexity index is 1690. The van der Waals surface area contributed by atoms with E-state index in [1.165, 1.54) is 36.6 Å². The summed E-state index contributed by atoms with van der Waals surface area (Å²) < 4.78 is 80.1. The molecule has 4 N–H and O–H groups in total. The van der Waals surface area contributed by atoms with Crippen LogP contribution in [0.4, 0.5) is 29.3 Å². The van der Waals surface area contributed by atoms with Crippen LogP contribution in [0.15, 0.2) is 41.3 Å². The Morgan fingerprint density at radius 3 is 2.61 bits per heavy atom. The lowest BCUT2D eigenvalue weighted by Crippen LogP contribution is -2.43. The smallest absolute Gasteiger partial charge is 0.495 e. The fourth-order valence-electron chi connectivity index (χ4n) is 5.24. The van der Waals surface area contributed by atoms with E-state index in [9.17, 15) is 26.4 Å². The first-order valence-corrected chi connectivity index (χ1v) is 16.1. The van der Waals surface area contributed by atoms with Crippen LogP contribution in [-0.4, -0.2) is 77.7 Å². The quantitative estimate of drug-likeness (QED) is 0.225. The van der Waals surface area contributed by atoms with Gasteiger partial charge in [0.1, 0.15) is 12.4 Å². The summed E-state index contributed by atoms with van der Waals surface area (Å²) in [5.41, 5.74) is 1.35. The largest absolute Gasteiger partial charge is 0.508 e. The number of methoxy groups -OCH3 is 1. The molecule has 3 heterocycles. The molecule has 0 aliphatic carbocycles. The van der Waals surface area contributed by atoms with Crippen molar-refractivity contribution in [2.45, 2.75) is 42.5 Å². The van der Waals surface area contributed by atoms with Gasteiger partial charge in [-0.1, -0.05) is 24.0 Å². The molecule has 0 spiro atoms. The summed E-state index contributed by atoms with van der Waals surface area (Å²) in [7, 11) is -2.55. The number of carbonyl (C=O) groups is 1. The van der Waals surface area contributed by atoms with Gasteiger partial charge in [0.05, 0.1) is 45.9 Å². The lowest BCUT2D eigenvalue weighted by molar-refractivity contribution is -0.126. The lowest BCUT2D eigenvalue weighted by Gasteiger charge is -2.33. The molecule has 236 valence electrons. The lowest BCUT2D eigenvalue weighted by atomic mass is 10.0. The number of likely N-dealkylation sites (tertiary alicyclic amines) is 1. The minimum absolute atomic E-state index is 0.0701. The van der Waals surface area contributed by atoms with Crippen molar-refractivity contribution in [2.75, 3.05) is 50.5 Å². The second-order valence-corrected chi connectivity index (χ2v) is 13.0. The molecule has 0 radical (unpaired) electrons. The van der Waals surface area contributed by atoms with Crippen molar-refractivity contribution in [3.63, 3.8) is 0 Å². The number of alkyl halides is 3. The number of carbonyl (C=O) groups excluding carboxylic acids is 1. The van der Waals surface area contributed by atoms with Gasteiger partial charge in [-0.3, -0.25) is 4.90 Å². The van der Waals surface area contributed by atoms with Gasteiger partial charge >= 0.3 is 12.3 Å². The Morgan fingerprint density at radius 1 is 1.18 bits per heavy atom. The zero-order chi connectivity index (χ0) is 31.5. The molecule has 0 amide bonds. The summed E-state index contributed by atoms with van der Waals surface area (Å²) in [5, 5.41) is 12.2. The molecule has 1 unspecified atom stereocenters. The summed E-state index contributed by atoms with van der Waals surface area (Å²) >= 11 is 1.22. The number of hydrogen-bond donors (Lipinski definition) is 3. The van der Waals surface area contributed by atoms with E-state index in [-0.39, 0.29) is 41.5 Å². The predicted octanol–water partition coefficient (Wildman–Crippen LogP) is 4.54. The third-order valence-electron chi connectivity index (χ3n) is 7.33. The van der Waals surface area contributed by atoms with Crippen LogP contribution in [0, 0.1) is 11.8 Å². The number of fused-ring (bicyclic) bond motifs is 1. The molecule has 2 aliphatic rings. The zero-order valence-electron chi connectivity index (χ0n) is 23.7. The third kappa shape index (κ3) is 7.86. The third-order valence-corrected chi connectivity index (χ3v) is 9.43. The van der Waals surface area contributed by atoms with Crippen LogP contribution in [0.2, 0.25) is 0 Å². The SMILES string of the molecule is COc1cc(S(N)(=O)=O)ccc1NCC#Cc1sc2c(NC3CCN(CC4COC(=O)O4)CC3)cccc2c1CC(F)(F)F. The summed E-state index contributed by atoms with van der Waals surface area (Å²) in [5.74, 6) is 6.03. The Balaban J connectivity index is 1.30. The summed E-state index contributed by atoms with van der Waals surface area (Å²) in [6, 6.07) is 9.51. The molecule has 2 aromatic carbocycles. The van der Waals surface area contributed by atoms with Crippen molar-refractivity contribution in [3.05, 3.63) is 46.8 Å². The number of ether oxygens (including phenoxy) is 3. The van der Waals surface area contributed by atoms with Crippen LogP contribution >= 0.6 is 11.3 Å². The van der Waals surface area contributed by atoms with Crippen LogP contribution < -0.4 is 20.5 Å². The Labute approximate surface area is 256 Å². The number of hydrogen-bond acceptors (Lipinski definition) is 10. The highest BCUT2D eigenvalue weighted by atomic mass is 32.2. The number of rotatable bonds is 9. The first-order valence-electron chi connectivity index (χ1n) is 13.8. The van der Waals surface area contributed by atoms with E-state index in [0.717, 1.165) is 31.6 Å². The summed E-state index contributed by atoms with van der Waals surface area (Å²) in [4.78, 5) is 13.6. The molecular weight excluding hydrogens is 621 g/mol. The van der Waals surface area contributed by atoms with Crippen molar-refractivity contribution in [3.8, 4) is 17.6 Å².